The van der Waals surface area contributed by atoms with Crippen LogP contribution in [0.4, 0.5) is 0 Å². The highest BCUT2D eigenvalue weighted by Crippen LogP contribution is 1.85. The van der Waals surface area contributed by atoms with Gasteiger partial charge in [-0.25, -0.2) is 13.0 Å². The zero-order valence-electron chi connectivity index (χ0n) is 9.34. The number of hydrogen-bond donors (Lipinski definition) is 1. The largest absolute Gasteiger partial charge is 0.726 e. The van der Waals surface area contributed by atoms with E-state index in [4.69, 9.17) is 17.5 Å². The van der Waals surface area contributed by atoms with Crippen LogP contribution < -0.4 is 4.57 Å². The van der Waals surface area contributed by atoms with E-state index in [1.54, 1.807) is 0 Å². The van der Waals surface area contributed by atoms with E-state index in [2.05, 4.69) is 0 Å². The molecule has 1 heterocycles. The van der Waals surface area contributed by atoms with E-state index in [9.17, 15) is 8.42 Å². The molecule has 0 aliphatic carbocycles. The number of nitrogens with zero attached hydrogens (tertiary/aromatic N) is 1. The zero-order chi connectivity index (χ0) is 14.0. The SMILES string of the molecule is O=S(=O)([O-])O.O=S(=O)=CCCC[n+]1ccccc1. The molecule has 0 aliphatic heterocycles. The molecule has 0 unspecified atom stereocenters. The topological polar surface area (TPSA) is 115 Å². The number of unbranched alkanes of at least 4 members (excludes halogenated alkanes) is 1. The first kappa shape index (κ1) is 16.7. The van der Waals surface area contributed by atoms with Gasteiger partial charge in [-0.15, -0.1) is 0 Å². The highest BCUT2D eigenvalue weighted by atomic mass is 32.3. The van der Waals surface area contributed by atoms with Crippen molar-refractivity contribution in [2.24, 2.45) is 0 Å². The first-order valence-corrected chi connectivity index (χ1v) is 7.33. The third-order valence-corrected chi connectivity index (χ3v) is 2.16. The number of aryl methyl sites for hydroxylation is 1. The van der Waals surface area contributed by atoms with E-state index < -0.39 is 20.7 Å². The van der Waals surface area contributed by atoms with E-state index in [1.807, 2.05) is 35.2 Å². The van der Waals surface area contributed by atoms with Gasteiger partial charge in [-0.1, -0.05) is 6.07 Å². The Morgan fingerprint density at radius 3 is 2.17 bits per heavy atom. The minimum Gasteiger partial charge on any atom is -0.726 e. The van der Waals surface area contributed by atoms with Crippen molar-refractivity contribution >= 4 is 26.1 Å². The zero-order valence-corrected chi connectivity index (χ0v) is 11.0. The average Bonchev–Trinajstić information content (AvgIpc) is 2.23. The third kappa shape index (κ3) is 14.7. The molecular weight excluding hydrogens is 282 g/mol. The maximum absolute atomic E-state index is 10.1. The van der Waals surface area contributed by atoms with E-state index in [0.29, 0.717) is 6.42 Å². The Hall–Kier alpha value is -1.29. The van der Waals surface area contributed by atoms with Crippen LogP contribution in [-0.4, -0.2) is 31.3 Å². The molecule has 0 saturated heterocycles. The molecule has 0 fully saturated rings. The Bertz CT molecular complexity index is 548. The van der Waals surface area contributed by atoms with Gasteiger partial charge in [-0.2, -0.15) is 8.42 Å². The second kappa shape index (κ2) is 8.75. The Balaban J connectivity index is 0.000000494. The lowest BCUT2D eigenvalue weighted by Gasteiger charge is -1.91. The van der Waals surface area contributed by atoms with Crippen LogP contribution in [0.15, 0.2) is 30.6 Å². The van der Waals surface area contributed by atoms with Crippen LogP contribution in [-0.2, 0) is 27.2 Å². The fraction of sp³-hybridized carbons (Fsp3) is 0.333. The second-order valence-corrected chi connectivity index (χ2v) is 4.82. The standard InChI is InChI=1S/C9H12NO2S.H2O4S/c11-13(12)9-5-4-8-10-6-2-1-3-7-10;1-5(2,3)4/h1-3,6-7,9H,4-5,8H2;(H2,1,2,3,4)/q+1;/p-1. The van der Waals surface area contributed by atoms with Gasteiger partial charge in [0.2, 0.25) is 20.7 Å². The molecule has 0 aromatic carbocycles. The van der Waals surface area contributed by atoms with E-state index >= 15 is 0 Å². The van der Waals surface area contributed by atoms with Crippen molar-refractivity contribution in [3.63, 3.8) is 0 Å². The van der Waals surface area contributed by atoms with E-state index in [1.165, 1.54) is 5.37 Å². The number of aromatic nitrogens is 1. The molecule has 0 radical (unpaired) electrons. The molecule has 1 N–H and O–H groups in total. The van der Waals surface area contributed by atoms with Gasteiger partial charge in [0.1, 0.15) is 6.54 Å². The van der Waals surface area contributed by atoms with Crippen LogP contribution in [0.3, 0.4) is 0 Å². The van der Waals surface area contributed by atoms with Gasteiger partial charge < -0.3 is 4.55 Å². The average molecular weight is 295 g/mol. The normalized spacial score (nSPS) is 10.1. The minimum absolute atomic E-state index is 0.609. The van der Waals surface area contributed by atoms with Crippen molar-refractivity contribution < 1.29 is 30.5 Å². The van der Waals surface area contributed by atoms with Gasteiger partial charge in [0.05, 0.1) is 0 Å². The molecule has 0 saturated carbocycles. The fourth-order valence-electron chi connectivity index (χ4n) is 1.04. The van der Waals surface area contributed by atoms with Gasteiger partial charge >= 0.3 is 0 Å². The number of rotatable bonds is 4. The summed E-state index contributed by atoms with van der Waals surface area (Å²) in [6.45, 7) is 0.856. The van der Waals surface area contributed by atoms with Crippen molar-refractivity contribution in [3.05, 3.63) is 30.6 Å². The van der Waals surface area contributed by atoms with Crippen LogP contribution >= 0.6 is 0 Å². The number of hydrogen-bond acceptors (Lipinski definition) is 5. The van der Waals surface area contributed by atoms with Gasteiger partial charge in [0, 0.05) is 23.9 Å². The Kier molecular flexibility index (Phi) is 8.12. The van der Waals surface area contributed by atoms with Crippen LogP contribution in [0.1, 0.15) is 12.8 Å². The lowest BCUT2D eigenvalue weighted by Crippen LogP contribution is -2.32. The smallest absolute Gasteiger partial charge is 0.215 e. The summed E-state index contributed by atoms with van der Waals surface area (Å²) in [4.78, 5) is 0. The van der Waals surface area contributed by atoms with Crippen LogP contribution in [0, 0.1) is 0 Å². The van der Waals surface area contributed by atoms with Gasteiger partial charge in [0.15, 0.2) is 12.4 Å². The summed E-state index contributed by atoms with van der Waals surface area (Å²) >= 11 is 0. The van der Waals surface area contributed by atoms with E-state index in [-0.39, 0.29) is 0 Å². The van der Waals surface area contributed by atoms with Gasteiger partial charge in [-0.05, 0) is 6.42 Å². The summed E-state index contributed by atoms with van der Waals surface area (Å²) in [5.74, 6) is 0. The van der Waals surface area contributed by atoms with Crippen molar-refractivity contribution in [2.45, 2.75) is 19.4 Å². The van der Waals surface area contributed by atoms with Crippen molar-refractivity contribution in [1.29, 1.82) is 0 Å². The summed E-state index contributed by atoms with van der Waals surface area (Å²) in [6.07, 6.45) is 5.39. The monoisotopic (exact) mass is 295 g/mol. The maximum atomic E-state index is 10.1. The first-order valence-electron chi connectivity index (χ1n) is 4.83. The molecule has 1 aromatic heterocycles. The Labute approximate surface area is 107 Å². The maximum Gasteiger partial charge on any atom is 0.215 e. The highest BCUT2D eigenvalue weighted by molar-refractivity contribution is 7.79. The van der Waals surface area contributed by atoms with Crippen LogP contribution in [0.5, 0.6) is 0 Å². The molecule has 102 valence electrons. The lowest BCUT2D eigenvalue weighted by molar-refractivity contribution is -0.697. The molecule has 1 rings (SSSR count). The van der Waals surface area contributed by atoms with Gasteiger partial charge in [-0.3, -0.25) is 4.55 Å². The van der Waals surface area contributed by atoms with Crippen LogP contribution in [0.2, 0.25) is 0 Å². The summed E-state index contributed by atoms with van der Waals surface area (Å²) in [5.41, 5.74) is 0. The summed E-state index contributed by atoms with van der Waals surface area (Å²) < 4.78 is 55.2. The Morgan fingerprint density at radius 2 is 1.72 bits per heavy atom. The van der Waals surface area contributed by atoms with Crippen molar-refractivity contribution in [3.8, 4) is 0 Å². The van der Waals surface area contributed by atoms with Crippen molar-refractivity contribution in [2.75, 3.05) is 0 Å². The predicted octanol–water partition coefficient (Wildman–Crippen LogP) is -0.560. The lowest BCUT2D eigenvalue weighted by atomic mass is 10.3. The molecule has 0 bridgehead atoms. The summed E-state index contributed by atoms with van der Waals surface area (Å²) in [7, 11) is -6.92. The third-order valence-electron chi connectivity index (χ3n) is 1.65. The molecular formula is C9H13NO6S2. The predicted molar refractivity (Wildman–Crippen MR) is 63.2 cm³/mol. The Morgan fingerprint density at radius 1 is 1.22 bits per heavy atom. The molecule has 0 amide bonds. The van der Waals surface area contributed by atoms with E-state index in [0.717, 1.165) is 13.0 Å². The molecule has 0 spiro atoms. The number of pyridine rings is 1. The molecule has 7 nitrogen and oxygen atoms in total. The molecule has 1 aromatic rings. The summed E-state index contributed by atoms with van der Waals surface area (Å²) in [5, 5.41) is 1.30. The van der Waals surface area contributed by atoms with Crippen molar-refractivity contribution in [1.82, 2.24) is 0 Å². The quantitative estimate of drug-likeness (QED) is 0.262. The molecule has 9 heteroatoms. The fourth-order valence-corrected chi connectivity index (χ4v) is 1.40. The molecule has 0 aliphatic rings. The molecule has 0 atom stereocenters. The van der Waals surface area contributed by atoms with Gasteiger partial charge in [0.25, 0.3) is 0 Å². The first-order chi connectivity index (χ1) is 8.29. The minimum atomic E-state index is -4.92. The van der Waals surface area contributed by atoms with Crippen LogP contribution in [0.25, 0.3) is 0 Å². The highest BCUT2D eigenvalue weighted by Gasteiger charge is 1.95. The summed E-state index contributed by atoms with van der Waals surface area (Å²) in [6, 6.07) is 5.86. The molecule has 18 heavy (non-hydrogen) atoms. The second-order valence-electron chi connectivity index (χ2n) is 3.11.